The number of nitrogens with one attached hydrogen (secondary N) is 1. The molecule has 2 aromatic rings. The van der Waals surface area contributed by atoms with Gasteiger partial charge in [0.15, 0.2) is 0 Å². The molecule has 1 aromatic heterocycles. The Morgan fingerprint density at radius 1 is 1.24 bits per heavy atom. The maximum Gasteiger partial charge on any atom is 0.0938 e. The van der Waals surface area contributed by atoms with E-state index in [1.165, 1.54) is 52.6 Å². The van der Waals surface area contributed by atoms with Gasteiger partial charge < -0.3 is 5.32 Å². The zero-order valence-electron chi connectivity index (χ0n) is 11.8. The summed E-state index contributed by atoms with van der Waals surface area (Å²) < 4.78 is 0. The van der Waals surface area contributed by atoms with E-state index in [1.807, 2.05) is 11.3 Å². The highest BCUT2D eigenvalue weighted by Gasteiger charge is 2.24. The number of piperidine rings is 1. The number of fused-ring (bicyclic) bond motifs is 3. The minimum Gasteiger partial charge on any atom is -0.316 e. The fraction of sp³-hybridized carbons (Fsp3) is 0.438. The van der Waals surface area contributed by atoms with Crippen LogP contribution in [0.15, 0.2) is 24.3 Å². The second-order valence-electron chi connectivity index (χ2n) is 5.63. The molecule has 0 radical (unpaired) electrons. The third-order valence-electron chi connectivity index (χ3n) is 4.23. The van der Waals surface area contributed by atoms with E-state index in [4.69, 9.17) is 4.98 Å². The Morgan fingerprint density at radius 3 is 2.90 bits per heavy atom. The van der Waals surface area contributed by atoms with Gasteiger partial charge in [0, 0.05) is 23.3 Å². The molecule has 2 nitrogen and oxygen atoms in total. The molecule has 1 fully saturated rings. The third kappa shape index (κ3) is 3.26. The summed E-state index contributed by atoms with van der Waals surface area (Å²) in [6.45, 7) is 2.36. The van der Waals surface area contributed by atoms with Gasteiger partial charge in [-0.1, -0.05) is 24.3 Å². The Balaban J connectivity index is 0.000000807. The summed E-state index contributed by atoms with van der Waals surface area (Å²) in [4.78, 5) is 6.39. The number of halogens is 2. The van der Waals surface area contributed by atoms with E-state index < -0.39 is 0 Å². The molecular formula is C16H20Cl2N2S. The van der Waals surface area contributed by atoms with Crippen molar-refractivity contribution in [3.05, 3.63) is 39.7 Å². The normalized spacial score (nSPS) is 19.1. The van der Waals surface area contributed by atoms with Crippen molar-refractivity contribution < 1.29 is 0 Å². The van der Waals surface area contributed by atoms with E-state index in [1.54, 1.807) is 0 Å². The van der Waals surface area contributed by atoms with Gasteiger partial charge in [-0.05, 0) is 37.4 Å². The molecule has 1 aliphatic heterocycles. The minimum absolute atomic E-state index is 0. The lowest BCUT2D eigenvalue weighted by atomic mass is 9.97. The highest BCUT2D eigenvalue weighted by Crippen LogP contribution is 2.39. The number of rotatable bonds is 2. The zero-order valence-corrected chi connectivity index (χ0v) is 14.3. The number of hydrogen-bond donors (Lipinski definition) is 1. The Kier molecular flexibility index (Phi) is 5.67. The van der Waals surface area contributed by atoms with Crippen LogP contribution >= 0.6 is 36.2 Å². The molecule has 4 rings (SSSR count). The van der Waals surface area contributed by atoms with Gasteiger partial charge in [-0.3, -0.25) is 0 Å². The van der Waals surface area contributed by atoms with Crippen molar-refractivity contribution in [2.45, 2.75) is 25.7 Å². The third-order valence-corrected chi connectivity index (χ3v) is 5.31. The molecule has 0 bridgehead atoms. The topological polar surface area (TPSA) is 24.9 Å². The molecule has 0 saturated carbocycles. The van der Waals surface area contributed by atoms with Crippen LogP contribution in [0.3, 0.4) is 0 Å². The van der Waals surface area contributed by atoms with Crippen molar-refractivity contribution in [3.8, 4) is 11.3 Å². The summed E-state index contributed by atoms with van der Waals surface area (Å²) in [6, 6.07) is 8.70. The minimum atomic E-state index is 0. The summed E-state index contributed by atoms with van der Waals surface area (Å²) in [5, 5.41) is 4.84. The van der Waals surface area contributed by atoms with Crippen molar-refractivity contribution in [2.24, 2.45) is 5.92 Å². The van der Waals surface area contributed by atoms with Crippen LogP contribution in [-0.4, -0.2) is 18.1 Å². The lowest BCUT2D eigenvalue weighted by Gasteiger charge is -2.21. The van der Waals surface area contributed by atoms with Gasteiger partial charge >= 0.3 is 0 Å². The van der Waals surface area contributed by atoms with Crippen LogP contribution in [0.25, 0.3) is 11.3 Å². The fourth-order valence-corrected chi connectivity index (χ4v) is 4.46. The van der Waals surface area contributed by atoms with Gasteiger partial charge in [-0.2, -0.15) is 0 Å². The van der Waals surface area contributed by atoms with Crippen LogP contribution in [0, 0.1) is 5.92 Å². The van der Waals surface area contributed by atoms with Gasteiger partial charge in [-0.25, -0.2) is 4.98 Å². The van der Waals surface area contributed by atoms with Crippen LogP contribution in [0.1, 0.15) is 28.3 Å². The maximum absolute atomic E-state index is 4.92. The first-order chi connectivity index (χ1) is 9.40. The Hall–Kier alpha value is -0.610. The average Bonchev–Trinajstić information content (AvgIpc) is 2.97. The molecule has 0 amide bonds. The van der Waals surface area contributed by atoms with Crippen LogP contribution in [0.5, 0.6) is 0 Å². The van der Waals surface area contributed by atoms with Gasteiger partial charge in [0.05, 0.1) is 10.7 Å². The molecular weight excluding hydrogens is 323 g/mol. The van der Waals surface area contributed by atoms with Gasteiger partial charge in [0.25, 0.3) is 0 Å². The van der Waals surface area contributed by atoms with Crippen LogP contribution in [0.4, 0.5) is 0 Å². The van der Waals surface area contributed by atoms with Crippen molar-refractivity contribution >= 4 is 36.2 Å². The number of aromatic nitrogens is 1. The average molecular weight is 343 g/mol. The molecule has 114 valence electrons. The number of thiazole rings is 1. The van der Waals surface area contributed by atoms with E-state index >= 15 is 0 Å². The predicted molar refractivity (Wildman–Crippen MR) is 94.1 cm³/mol. The van der Waals surface area contributed by atoms with Crippen molar-refractivity contribution in [1.29, 1.82) is 0 Å². The monoisotopic (exact) mass is 342 g/mol. The molecule has 1 atom stereocenters. The molecule has 2 heterocycles. The lowest BCUT2D eigenvalue weighted by molar-refractivity contribution is 0.376. The molecule has 1 aromatic carbocycles. The molecule has 0 spiro atoms. The van der Waals surface area contributed by atoms with Gasteiger partial charge in [-0.15, -0.1) is 36.2 Å². The first kappa shape index (κ1) is 16.8. The van der Waals surface area contributed by atoms with Gasteiger partial charge in [0.1, 0.15) is 0 Å². The van der Waals surface area contributed by atoms with E-state index in [2.05, 4.69) is 29.6 Å². The summed E-state index contributed by atoms with van der Waals surface area (Å²) in [6.07, 6.45) is 4.92. The highest BCUT2D eigenvalue weighted by atomic mass is 35.5. The summed E-state index contributed by atoms with van der Waals surface area (Å²) in [7, 11) is 0. The van der Waals surface area contributed by atoms with E-state index in [-0.39, 0.29) is 24.8 Å². The predicted octanol–water partition coefficient (Wildman–Crippen LogP) is 4.10. The lowest BCUT2D eigenvalue weighted by Crippen LogP contribution is -2.30. The smallest absolute Gasteiger partial charge is 0.0938 e. The number of hydrogen-bond acceptors (Lipinski definition) is 3. The SMILES string of the molecule is Cl.Cl.c1ccc2c(c1)Cc1sc(CC3CCCNC3)nc1-2. The first-order valence-corrected chi connectivity index (χ1v) is 7.99. The van der Waals surface area contributed by atoms with E-state index in [0.717, 1.165) is 18.8 Å². The molecule has 21 heavy (non-hydrogen) atoms. The zero-order chi connectivity index (χ0) is 12.7. The van der Waals surface area contributed by atoms with Crippen molar-refractivity contribution in [2.75, 3.05) is 13.1 Å². The molecule has 1 N–H and O–H groups in total. The standard InChI is InChI=1S/C16H18N2S.2ClH/c1-2-6-13-12(5-1)9-14-16(13)18-15(19-14)8-11-4-3-7-17-10-11;;/h1-2,5-6,11,17H,3-4,7-10H2;2*1H. The highest BCUT2D eigenvalue weighted by molar-refractivity contribution is 7.12. The van der Waals surface area contributed by atoms with Crippen LogP contribution in [-0.2, 0) is 12.8 Å². The maximum atomic E-state index is 4.92. The number of nitrogens with zero attached hydrogens (tertiary/aromatic N) is 1. The molecule has 2 aliphatic rings. The largest absolute Gasteiger partial charge is 0.316 e. The Morgan fingerprint density at radius 2 is 2.10 bits per heavy atom. The van der Waals surface area contributed by atoms with E-state index in [0.29, 0.717) is 0 Å². The van der Waals surface area contributed by atoms with Crippen LogP contribution in [0.2, 0.25) is 0 Å². The summed E-state index contributed by atoms with van der Waals surface area (Å²) >= 11 is 1.93. The van der Waals surface area contributed by atoms with Gasteiger partial charge in [0.2, 0.25) is 0 Å². The Bertz CT molecular complexity index is 606. The molecule has 1 saturated heterocycles. The quantitative estimate of drug-likeness (QED) is 0.758. The summed E-state index contributed by atoms with van der Waals surface area (Å²) in [5.74, 6) is 0.787. The molecule has 1 unspecified atom stereocenters. The second-order valence-corrected chi connectivity index (χ2v) is 6.80. The molecule has 5 heteroatoms. The second kappa shape index (κ2) is 7.10. The van der Waals surface area contributed by atoms with E-state index in [9.17, 15) is 0 Å². The van der Waals surface area contributed by atoms with Crippen LogP contribution < -0.4 is 5.32 Å². The fourth-order valence-electron chi connectivity index (χ4n) is 3.24. The molecule has 1 aliphatic carbocycles. The number of benzene rings is 1. The summed E-state index contributed by atoms with van der Waals surface area (Å²) in [5.41, 5.74) is 4.07. The first-order valence-electron chi connectivity index (χ1n) is 7.18. The Labute approximate surface area is 142 Å². The van der Waals surface area contributed by atoms with Crippen molar-refractivity contribution in [3.63, 3.8) is 0 Å². The van der Waals surface area contributed by atoms with Crippen molar-refractivity contribution in [1.82, 2.24) is 10.3 Å².